The van der Waals surface area contributed by atoms with E-state index in [1.54, 1.807) is 13.0 Å². The molecular weight excluding hydrogens is 383 g/mol. The topological polar surface area (TPSA) is 118 Å². The molecule has 1 aliphatic heterocycles. The first-order valence-corrected chi connectivity index (χ1v) is 10.8. The zero-order valence-corrected chi connectivity index (χ0v) is 16.9. The Balaban J connectivity index is 1.95. The van der Waals surface area contributed by atoms with E-state index in [0.29, 0.717) is 47.6 Å². The Bertz CT molecular complexity index is 909. The molecule has 0 unspecified atom stereocenters. The predicted octanol–water partition coefficient (Wildman–Crippen LogP) is 1.75. The maximum atomic E-state index is 13.0. The highest BCUT2D eigenvalue weighted by molar-refractivity contribution is 7.45. The number of carbonyl (C=O) groups excluding carboxylic acids is 1. The minimum atomic E-state index is -1.85. The van der Waals surface area contributed by atoms with Gasteiger partial charge in [-0.1, -0.05) is 6.92 Å². The third-order valence-corrected chi connectivity index (χ3v) is 5.78. The first-order chi connectivity index (χ1) is 13.4. The maximum Gasteiger partial charge on any atom is 0.285 e. The Hall–Kier alpha value is -2.09. The van der Waals surface area contributed by atoms with Crippen LogP contribution in [-0.2, 0) is 0 Å². The smallest absolute Gasteiger partial charge is 0.285 e. The number of aromatic nitrogens is 3. The number of hydrogen-bond donors (Lipinski definition) is 2. The van der Waals surface area contributed by atoms with Gasteiger partial charge < -0.3 is 19.4 Å². The van der Waals surface area contributed by atoms with Crippen LogP contribution in [0.15, 0.2) is 17.1 Å². The average molecular weight is 408 g/mol. The van der Waals surface area contributed by atoms with Crippen LogP contribution in [0, 0.1) is 5.92 Å². The lowest BCUT2D eigenvalue weighted by Gasteiger charge is -2.33. The summed E-state index contributed by atoms with van der Waals surface area (Å²) in [5.74, 6) is 0.940. The summed E-state index contributed by atoms with van der Waals surface area (Å²) in [6, 6.07) is 1.64. The maximum absolute atomic E-state index is 13.0. The minimum absolute atomic E-state index is 0.182. The van der Waals surface area contributed by atoms with Crippen molar-refractivity contribution < 1.29 is 19.3 Å². The number of anilines is 1. The Labute approximate surface area is 163 Å². The van der Waals surface area contributed by atoms with Gasteiger partial charge in [0.2, 0.25) is 11.8 Å². The third-order valence-electron chi connectivity index (χ3n) is 5.13. The fourth-order valence-electron chi connectivity index (χ4n) is 3.52. The Morgan fingerprint density at radius 2 is 2.07 bits per heavy atom. The number of methoxy groups -OCH3 is 1. The van der Waals surface area contributed by atoms with E-state index < -0.39 is 13.9 Å². The summed E-state index contributed by atoms with van der Waals surface area (Å²) < 4.78 is 6.18. The molecule has 0 aliphatic carbocycles. The third kappa shape index (κ3) is 4.32. The molecule has 0 aromatic carbocycles. The largest absolute Gasteiger partial charge is 0.481 e. The summed E-state index contributed by atoms with van der Waals surface area (Å²) in [7, 11) is -0.337. The molecule has 9 nitrogen and oxygen atoms in total. The average Bonchev–Trinajstić information content (AvgIpc) is 2.71. The van der Waals surface area contributed by atoms with E-state index in [9.17, 15) is 9.59 Å². The summed E-state index contributed by atoms with van der Waals surface area (Å²) in [6.07, 6.45) is 4.63. The Morgan fingerprint density at radius 3 is 2.68 bits per heavy atom. The van der Waals surface area contributed by atoms with E-state index >= 15 is 0 Å². The van der Waals surface area contributed by atoms with Crippen molar-refractivity contribution in [2.24, 2.45) is 5.92 Å². The van der Waals surface area contributed by atoms with Crippen LogP contribution in [0.4, 0.5) is 5.82 Å². The number of pyridine rings is 1. The number of nitrogens with zero attached hydrogens (tertiary/aromatic N) is 4. The molecule has 2 aromatic rings. The first-order valence-electron chi connectivity index (χ1n) is 9.35. The lowest BCUT2D eigenvalue weighted by Crippen LogP contribution is -2.36. The van der Waals surface area contributed by atoms with Crippen molar-refractivity contribution >= 4 is 30.9 Å². The Kier molecular flexibility index (Phi) is 6.59. The molecule has 1 saturated heterocycles. The summed E-state index contributed by atoms with van der Waals surface area (Å²) >= 11 is 0. The molecule has 0 atom stereocenters. The van der Waals surface area contributed by atoms with Gasteiger partial charge in [-0.15, -0.1) is 0 Å². The molecule has 152 valence electrons. The van der Waals surface area contributed by atoms with Crippen LogP contribution in [0.3, 0.4) is 0 Å². The van der Waals surface area contributed by atoms with Gasteiger partial charge in [-0.05, 0) is 25.2 Å². The lowest BCUT2D eigenvalue weighted by molar-refractivity contribution is 0.0887. The number of ether oxygens (including phenoxy) is 1. The van der Waals surface area contributed by atoms with Gasteiger partial charge >= 0.3 is 0 Å². The van der Waals surface area contributed by atoms with Gasteiger partial charge in [0, 0.05) is 37.1 Å². The number of rotatable bonds is 6. The van der Waals surface area contributed by atoms with E-state index in [2.05, 4.69) is 10.1 Å². The van der Waals surface area contributed by atoms with E-state index in [1.807, 2.05) is 4.90 Å². The minimum Gasteiger partial charge on any atom is -0.481 e. The number of hydrogen-bond acceptors (Lipinski definition) is 8. The monoisotopic (exact) mass is 408 g/mol. The first kappa shape index (κ1) is 20.6. The molecule has 3 rings (SSSR count). The Morgan fingerprint density at radius 1 is 1.36 bits per heavy atom. The van der Waals surface area contributed by atoms with Crippen LogP contribution in [0.1, 0.15) is 37.4 Å². The van der Waals surface area contributed by atoms with Crippen LogP contribution in [0.2, 0.25) is 0 Å². The molecule has 0 saturated carbocycles. The second-order valence-electron chi connectivity index (χ2n) is 6.88. The van der Waals surface area contributed by atoms with Gasteiger partial charge in [-0.3, -0.25) is 9.59 Å². The molecule has 3 heterocycles. The zero-order valence-electron chi connectivity index (χ0n) is 16.0. The van der Waals surface area contributed by atoms with Crippen LogP contribution < -0.4 is 15.2 Å². The molecule has 2 aromatic heterocycles. The molecule has 1 aliphatic rings. The van der Waals surface area contributed by atoms with Crippen molar-refractivity contribution in [1.29, 1.82) is 0 Å². The highest BCUT2D eigenvalue weighted by Gasteiger charge is 2.25. The summed E-state index contributed by atoms with van der Waals surface area (Å²) in [4.78, 5) is 49.8. The van der Waals surface area contributed by atoms with Gasteiger partial charge in [-0.2, -0.15) is 14.8 Å². The van der Waals surface area contributed by atoms with Crippen LogP contribution >= 0.6 is 8.38 Å². The molecule has 28 heavy (non-hydrogen) atoms. The molecule has 0 bridgehead atoms. The molecule has 10 heteroatoms. The van der Waals surface area contributed by atoms with Crippen molar-refractivity contribution in [1.82, 2.24) is 14.8 Å². The van der Waals surface area contributed by atoms with Crippen molar-refractivity contribution in [3.05, 3.63) is 22.6 Å². The second kappa shape index (κ2) is 8.94. The van der Waals surface area contributed by atoms with Gasteiger partial charge in [0.05, 0.1) is 18.7 Å². The number of carbonyl (C=O) groups is 1. The highest BCUT2D eigenvalue weighted by atomic mass is 31.2. The fraction of sp³-hybridized carbons (Fsp3) is 0.556. The van der Waals surface area contributed by atoms with Crippen LogP contribution in [0.25, 0.3) is 10.8 Å². The van der Waals surface area contributed by atoms with Crippen LogP contribution in [-0.4, -0.2) is 56.8 Å². The van der Waals surface area contributed by atoms with Crippen molar-refractivity contribution in [2.75, 3.05) is 31.3 Å². The van der Waals surface area contributed by atoms with Gasteiger partial charge in [0.15, 0.2) is 8.38 Å². The van der Waals surface area contributed by atoms with Gasteiger partial charge in [-0.25, -0.2) is 0 Å². The van der Waals surface area contributed by atoms with Crippen molar-refractivity contribution in [3.63, 3.8) is 0 Å². The van der Waals surface area contributed by atoms with E-state index in [4.69, 9.17) is 14.5 Å². The quantitative estimate of drug-likeness (QED) is 0.694. The standard InChI is InChI=1S/C18H25N4O5P/c1-3-15(23)22-18(24)16-13(11-19-22)10-14(27-2)20-17(16)21-7-4-12(5-8-21)6-9-28(25)26/h10-12,25-26H,3-9H2,1-2H3. The van der Waals surface area contributed by atoms with E-state index in [0.717, 1.165) is 23.9 Å². The summed E-state index contributed by atoms with van der Waals surface area (Å²) in [5, 5.41) is 4.95. The second-order valence-corrected chi connectivity index (χ2v) is 8.07. The molecule has 2 N–H and O–H groups in total. The van der Waals surface area contributed by atoms with Crippen LogP contribution in [0.5, 0.6) is 5.88 Å². The normalized spacial score (nSPS) is 15.4. The van der Waals surface area contributed by atoms with Crippen molar-refractivity contribution in [3.8, 4) is 5.88 Å². The molecule has 0 radical (unpaired) electrons. The molecule has 0 spiro atoms. The molecular formula is C18H25N4O5P. The van der Waals surface area contributed by atoms with E-state index in [-0.39, 0.29) is 12.3 Å². The SMILES string of the molecule is CCC(=O)n1ncc2cc(OC)nc(N3CCC(CCP(O)O)CC3)c2c1=O. The molecule has 0 amide bonds. The number of piperidine rings is 1. The van der Waals surface area contributed by atoms with Gasteiger partial charge in [0.1, 0.15) is 5.82 Å². The predicted molar refractivity (Wildman–Crippen MR) is 107 cm³/mol. The summed E-state index contributed by atoms with van der Waals surface area (Å²) in [6.45, 7) is 3.07. The molecule has 1 fully saturated rings. The van der Waals surface area contributed by atoms with Crippen molar-refractivity contribution in [2.45, 2.75) is 32.6 Å². The zero-order chi connectivity index (χ0) is 20.3. The highest BCUT2D eigenvalue weighted by Crippen LogP contribution is 2.33. The number of fused-ring (bicyclic) bond motifs is 1. The van der Waals surface area contributed by atoms with Gasteiger partial charge in [0.25, 0.3) is 5.56 Å². The van der Waals surface area contributed by atoms with E-state index in [1.165, 1.54) is 13.3 Å². The lowest BCUT2D eigenvalue weighted by atomic mass is 9.94. The summed E-state index contributed by atoms with van der Waals surface area (Å²) in [5.41, 5.74) is -0.470. The fourth-order valence-corrected chi connectivity index (χ4v) is 4.11.